The van der Waals surface area contributed by atoms with Crippen LogP contribution in [0, 0.1) is 6.07 Å². The number of aliphatic hydroxyl groups is 2. The van der Waals surface area contributed by atoms with Crippen molar-refractivity contribution in [1.29, 1.82) is 0 Å². The van der Waals surface area contributed by atoms with E-state index in [2.05, 4.69) is 157 Å². The quantitative estimate of drug-likeness (QED) is 0.343. The van der Waals surface area contributed by atoms with Crippen molar-refractivity contribution < 1.29 is 29.6 Å². The molecule has 2 atom stereocenters. The number of aliphatic hydroxyl groups excluding tert-OH is 2. The van der Waals surface area contributed by atoms with Crippen molar-refractivity contribution in [2.24, 2.45) is 0 Å². The van der Waals surface area contributed by atoms with Crippen LogP contribution in [0.1, 0.15) is 72.9 Å². The second-order valence-electron chi connectivity index (χ2n) is 13.2. The maximum absolute atomic E-state index is 8.56. The Morgan fingerprint density at radius 2 is 1.31 bits per heavy atom. The molecule has 2 N–H and O–H groups in total. The van der Waals surface area contributed by atoms with Crippen LogP contribution < -0.4 is 9.62 Å². The number of anilines is 2. The summed E-state index contributed by atoms with van der Waals surface area (Å²) in [4.78, 5) is 9.54. The summed E-state index contributed by atoms with van der Waals surface area (Å²) < 4.78 is 1.19. The van der Waals surface area contributed by atoms with Gasteiger partial charge < -0.3 is 10.2 Å². The molecule has 0 saturated carbocycles. The molecule has 0 radical (unpaired) electrons. The van der Waals surface area contributed by atoms with Gasteiger partial charge in [0.15, 0.2) is 0 Å². The molecule has 1 aliphatic rings. The third-order valence-electron chi connectivity index (χ3n) is 6.81. The molecule has 0 aliphatic carbocycles. The minimum absolute atomic E-state index is 0.0878. The van der Waals surface area contributed by atoms with Gasteiger partial charge >= 0.3 is 208 Å². The third-order valence-corrected chi connectivity index (χ3v) is 7.90. The van der Waals surface area contributed by atoms with Gasteiger partial charge in [0.2, 0.25) is 0 Å². The van der Waals surface area contributed by atoms with E-state index < -0.39 is 0 Å². The zero-order valence-electron chi connectivity index (χ0n) is 26.1. The molecule has 1 heterocycles. The molecule has 2 aromatic carbocycles. The van der Waals surface area contributed by atoms with Crippen LogP contribution in [0.25, 0.3) is 0 Å². The molecule has 2 unspecified atom stereocenters. The van der Waals surface area contributed by atoms with E-state index in [9.17, 15) is 0 Å². The molecular formula is C30H49B2N4O2Pt-. The van der Waals surface area contributed by atoms with Gasteiger partial charge in [-0.1, -0.05) is 0 Å². The van der Waals surface area contributed by atoms with Crippen LogP contribution in [-0.2, 0) is 30.2 Å². The first-order valence-corrected chi connectivity index (χ1v) is 14.9. The number of nitrogens with zero attached hydrogens (tertiary/aromatic N) is 4. The molecule has 218 valence electrons. The molecule has 39 heavy (non-hydrogen) atoms. The van der Waals surface area contributed by atoms with Gasteiger partial charge in [-0.3, -0.25) is 0 Å². The summed E-state index contributed by atoms with van der Waals surface area (Å²) in [5.41, 5.74) is 5.19. The van der Waals surface area contributed by atoms with E-state index in [1.807, 2.05) is 0 Å². The fourth-order valence-corrected chi connectivity index (χ4v) is 5.91. The summed E-state index contributed by atoms with van der Waals surface area (Å²) >= 11 is 2.50. The van der Waals surface area contributed by atoms with Crippen LogP contribution in [0.3, 0.4) is 0 Å². The number of benzene rings is 2. The average molecular weight is 714 g/mol. The Morgan fingerprint density at radius 3 is 1.74 bits per heavy atom. The fourth-order valence-electron chi connectivity index (χ4n) is 4.74. The summed E-state index contributed by atoms with van der Waals surface area (Å²) in [6.07, 6.45) is -0.278. The van der Waals surface area contributed by atoms with Crippen LogP contribution in [0.5, 0.6) is 0 Å². The summed E-state index contributed by atoms with van der Waals surface area (Å²) in [5, 5.41) is 17.1. The second-order valence-corrected chi connectivity index (χ2v) is 14.2. The van der Waals surface area contributed by atoms with Crippen LogP contribution in [0.4, 0.5) is 11.4 Å². The van der Waals surface area contributed by atoms with Crippen LogP contribution >= 0.6 is 0 Å². The Balaban J connectivity index is 0.000000673. The predicted molar refractivity (Wildman–Crippen MR) is 166 cm³/mol. The van der Waals surface area contributed by atoms with Crippen molar-refractivity contribution in [2.45, 2.75) is 84.8 Å². The van der Waals surface area contributed by atoms with Crippen LogP contribution in [-0.4, -0.2) is 78.1 Å². The van der Waals surface area contributed by atoms with E-state index in [1.54, 1.807) is 13.8 Å². The zero-order valence-corrected chi connectivity index (χ0v) is 28.3. The molecule has 9 heteroatoms. The van der Waals surface area contributed by atoms with Gasteiger partial charge in [-0.2, -0.15) is 0 Å². The van der Waals surface area contributed by atoms with Gasteiger partial charge in [-0.25, -0.2) is 0 Å². The SMILES string of the molecule is CC(O)CC(C)O.CN(C)B1B(N(C)C)N(c2cccc(C(C)(C)C)c2)[C](=[Pt])N1c1[c-]ccc(C(C)(C)C)c1. The van der Waals surface area contributed by atoms with Crippen molar-refractivity contribution >= 4 is 29.3 Å². The van der Waals surface area contributed by atoms with Crippen LogP contribution in [0.15, 0.2) is 42.5 Å². The topological polar surface area (TPSA) is 53.4 Å². The molecule has 2 aromatic rings. The van der Waals surface area contributed by atoms with E-state index in [1.165, 1.54) is 21.0 Å². The molecule has 1 aliphatic heterocycles. The predicted octanol–water partition coefficient (Wildman–Crippen LogP) is 4.36. The number of hydrogen-bond acceptors (Lipinski definition) is 6. The molecule has 0 aromatic heterocycles. The summed E-state index contributed by atoms with van der Waals surface area (Å²) in [6.45, 7) is 17.2. The molecule has 0 amide bonds. The molecule has 6 nitrogen and oxygen atoms in total. The van der Waals surface area contributed by atoms with Crippen LogP contribution in [0.2, 0.25) is 0 Å². The van der Waals surface area contributed by atoms with Crippen molar-refractivity contribution in [3.05, 3.63) is 59.7 Å². The first-order valence-electron chi connectivity index (χ1n) is 13.8. The van der Waals surface area contributed by atoms with Crippen molar-refractivity contribution in [3.63, 3.8) is 0 Å². The van der Waals surface area contributed by atoms with Gasteiger partial charge in [-0.15, -0.1) is 0 Å². The van der Waals surface area contributed by atoms with E-state index in [0.29, 0.717) is 6.42 Å². The molecule has 3 rings (SSSR count). The summed E-state index contributed by atoms with van der Waals surface area (Å²) in [7, 11) is 8.68. The molecular weight excluding hydrogens is 665 g/mol. The first kappa shape index (κ1) is 33.8. The Kier molecular flexibility index (Phi) is 11.7. The first-order chi connectivity index (χ1) is 17.9. The fraction of sp³-hybridized carbons (Fsp3) is 0.567. The Hall–Kier alpha value is -1.43. The second kappa shape index (κ2) is 13.5. The number of hydrogen-bond donors (Lipinski definition) is 2. The van der Waals surface area contributed by atoms with Gasteiger partial charge in [0.1, 0.15) is 0 Å². The maximum atomic E-state index is 8.56. The van der Waals surface area contributed by atoms with Crippen molar-refractivity contribution in [2.75, 3.05) is 37.8 Å². The standard InChI is InChI=1S/C25H37B2N4.C5H12O2.Pt/c1-24(2,3)20-13-11-15-22(17-20)30-19-31(27(29(9)10)26(30)28(7)8)23-16-12-14-21(18-23)25(4,5)6;1-4(6)3-5(2)7;/h11-15,17-18H,1-10H3;4-7H,3H2,1-2H3;/q-1;;. The molecule has 0 spiro atoms. The van der Waals surface area contributed by atoms with E-state index in [-0.39, 0.29) is 36.8 Å². The molecule has 1 saturated heterocycles. The summed E-state index contributed by atoms with van der Waals surface area (Å²) in [5.74, 6) is 0. The number of rotatable bonds is 6. The van der Waals surface area contributed by atoms with Gasteiger partial charge in [-0.05, 0) is 20.3 Å². The van der Waals surface area contributed by atoms with E-state index >= 15 is 0 Å². The zero-order chi connectivity index (χ0) is 29.9. The molecule has 0 bridgehead atoms. The van der Waals surface area contributed by atoms with E-state index in [4.69, 9.17) is 10.2 Å². The third kappa shape index (κ3) is 8.77. The summed E-state index contributed by atoms with van der Waals surface area (Å²) in [6, 6.07) is 19.1. The van der Waals surface area contributed by atoms with E-state index in [0.717, 1.165) is 5.69 Å². The minimum atomic E-state index is -0.375. The Labute approximate surface area is 250 Å². The van der Waals surface area contributed by atoms with Crippen molar-refractivity contribution in [1.82, 2.24) is 9.62 Å². The van der Waals surface area contributed by atoms with Gasteiger partial charge in [0.25, 0.3) is 0 Å². The Bertz CT molecular complexity index is 1010. The average Bonchev–Trinajstić information content (AvgIpc) is 3.11. The molecule has 1 fully saturated rings. The van der Waals surface area contributed by atoms with Gasteiger partial charge in [0, 0.05) is 0 Å². The van der Waals surface area contributed by atoms with Gasteiger partial charge in [0.05, 0.1) is 12.2 Å². The normalized spacial score (nSPS) is 16.2. The van der Waals surface area contributed by atoms with Crippen molar-refractivity contribution in [3.8, 4) is 0 Å². The Morgan fingerprint density at radius 1 is 0.821 bits per heavy atom. The monoisotopic (exact) mass is 714 g/mol.